The molecule has 7 aliphatic rings. The minimum absolute atomic E-state index is 0.178. The predicted octanol–water partition coefficient (Wildman–Crippen LogP) is 11.1. The molecule has 0 aromatic carbocycles. The van der Waals surface area contributed by atoms with Gasteiger partial charge in [0, 0.05) is 32.3 Å². The maximum absolute atomic E-state index is 11.5. The van der Waals surface area contributed by atoms with E-state index in [1.165, 1.54) is 141 Å². The van der Waals surface area contributed by atoms with Crippen LogP contribution in [0.1, 0.15) is 162 Å². The zero-order valence-corrected chi connectivity index (χ0v) is 35.1. The van der Waals surface area contributed by atoms with Gasteiger partial charge >= 0.3 is 12.1 Å². The van der Waals surface area contributed by atoms with Crippen molar-refractivity contribution in [3.8, 4) is 0 Å². The van der Waals surface area contributed by atoms with Crippen molar-refractivity contribution in [3.05, 3.63) is 24.3 Å². The molecule has 7 fully saturated rings. The highest BCUT2D eigenvalue weighted by molar-refractivity contribution is 5.81. The molecule has 7 nitrogen and oxygen atoms in total. The summed E-state index contributed by atoms with van der Waals surface area (Å²) in [7, 11) is 1.88. The zero-order chi connectivity index (χ0) is 39.3. The van der Waals surface area contributed by atoms with Gasteiger partial charge in [0.25, 0.3) is 0 Å². The molecule has 0 bridgehead atoms. The number of rotatable bonds is 9. The van der Waals surface area contributed by atoms with Crippen molar-refractivity contribution < 1.29 is 33.4 Å². The van der Waals surface area contributed by atoms with Gasteiger partial charge in [-0.25, -0.2) is 4.79 Å². The molecule has 6 aliphatic carbocycles. The van der Waals surface area contributed by atoms with Crippen LogP contribution < -0.4 is 0 Å². The molecular formula is C48H78O7. The zero-order valence-electron chi connectivity index (χ0n) is 35.1. The maximum atomic E-state index is 11.5. The van der Waals surface area contributed by atoms with E-state index >= 15 is 0 Å². The minimum atomic E-state index is -0.178. The Balaban J connectivity index is 0.000000209. The average Bonchev–Trinajstić information content (AvgIpc) is 3.83. The fourth-order valence-electron chi connectivity index (χ4n) is 11.9. The lowest BCUT2D eigenvalue weighted by molar-refractivity contribution is -0.191. The molecule has 0 amide bonds. The highest BCUT2D eigenvalue weighted by Gasteiger charge is 2.40. The standard InChI is InChI=1S/C25H40O2.C18H30O2.C4H8O.CO2/c1-3-5-6-20-9-13-24-18-23(15-14-22(24)17-20)21-11-7-19(8-12-21)10-16-25(26)27-4-2;1-20-18-9-8-16-10-15(6-7-17(16)11-18)14-4-2-13(12-19)3-5-14;1-2-4-5-3-1;2-1-3/h5-6,10,16,19-24H,3-4,7-9,11-15,17-18H2,1-2H3;12-18H,2-11H2,1H3;1-4H2;/b6-5+,16-10+;;;. The van der Waals surface area contributed by atoms with E-state index in [0.717, 1.165) is 79.3 Å². The van der Waals surface area contributed by atoms with E-state index < -0.39 is 0 Å². The van der Waals surface area contributed by atoms with E-state index in [2.05, 4.69) is 25.2 Å². The normalized spacial score (nSPS) is 37.3. The van der Waals surface area contributed by atoms with Gasteiger partial charge in [0.2, 0.25) is 0 Å². The fourth-order valence-corrected chi connectivity index (χ4v) is 11.9. The Hall–Kier alpha value is -2.08. The van der Waals surface area contributed by atoms with Crippen LogP contribution in [0, 0.1) is 65.1 Å². The van der Waals surface area contributed by atoms with Crippen LogP contribution in [0.4, 0.5) is 0 Å². The number of methoxy groups -OCH3 is 1. The quantitative estimate of drug-likeness (QED) is 0.0997. The first-order chi connectivity index (χ1) is 26.9. The van der Waals surface area contributed by atoms with Crippen LogP contribution in [0.25, 0.3) is 0 Å². The Bertz CT molecular complexity index is 1150. The van der Waals surface area contributed by atoms with Gasteiger partial charge in [-0.1, -0.05) is 25.2 Å². The van der Waals surface area contributed by atoms with Crippen molar-refractivity contribution in [1.29, 1.82) is 0 Å². The van der Waals surface area contributed by atoms with Crippen molar-refractivity contribution in [2.45, 2.75) is 168 Å². The van der Waals surface area contributed by atoms with Gasteiger partial charge in [-0.15, -0.1) is 0 Å². The third-order valence-corrected chi connectivity index (χ3v) is 15.1. The first kappa shape index (κ1) is 45.6. The summed E-state index contributed by atoms with van der Waals surface area (Å²) in [6.07, 6.45) is 41.7. The van der Waals surface area contributed by atoms with Crippen molar-refractivity contribution in [3.63, 3.8) is 0 Å². The number of carbonyl (C=O) groups is 2. The van der Waals surface area contributed by atoms with Crippen LogP contribution >= 0.6 is 0 Å². The van der Waals surface area contributed by atoms with Gasteiger partial charge in [0.15, 0.2) is 0 Å². The molecule has 6 saturated carbocycles. The highest BCUT2D eigenvalue weighted by atomic mass is 16.5. The summed E-state index contributed by atoms with van der Waals surface area (Å²) in [6, 6.07) is 0. The maximum Gasteiger partial charge on any atom is 0.373 e. The molecule has 0 spiro atoms. The smallest absolute Gasteiger partial charge is 0.373 e. The van der Waals surface area contributed by atoms with Gasteiger partial charge in [0.05, 0.1) is 12.7 Å². The Morgan fingerprint density at radius 1 is 0.600 bits per heavy atom. The SMILES string of the molecule is C1CCOC1.CC/C=C/C1CCC2CC(C3CCC(/C=C/C(=O)OCC)CC3)CCC2C1.COC1CCC2CC(C3CCC(C=O)CC3)CCC2C1.O=C=O. The monoisotopic (exact) mass is 767 g/mol. The molecule has 55 heavy (non-hydrogen) atoms. The Morgan fingerprint density at radius 3 is 1.55 bits per heavy atom. The molecular weight excluding hydrogens is 689 g/mol. The van der Waals surface area contributed by atoms with Crippen molar-refractivity contribution in [2.24, 2.45) is 65.1 Å². The Kier molecular flexibility index (Phi) is 21.6. The van der Waals surface area contributed by atoms with Crippen LogP contribution in [0.2, 0.25) is 0 Å². The van der Waals surface area contributed by atoms with Crippen LogP contribution in [0.3, 0.4) is 0 Å². The minimum Gasteiger partial charge on any atom is -0.463 e. The van der Waals surface area contributed by atoms with E-state index in [0.29, 0.717) is 24.5 Å². The third-order valence-electron chi connectivity index (χ3n) is 15.1. The fraction of sp³-hybridized carbons (Fsp3) is 0.854. The van der Waals surface area contributed by atoms with E-state index in [1.807, 2.05) is 14.0 Å². The second kappa shape index (κ2) is 26.0. The largest absolute Gasteiger partial charge is 0.463 e. The molecule has 1 heterocycles. The molecule has 7 heteroatoms. The van der Waals surface area contributed by atoms with Crippen LogP contribution in [0.15, 0.2) is 24.3 Å². The first-order valence-corrected chi connectivity index (χ1v) is 23.0. The number of esters is 1. The third kappa shape index (κ3) is 15.7. The Labute approximate surface area is 334 Å². The average molecular weight is 767 g/mol. The molecule has 8 unspecified atom stereocenters. The molecule has 312 valence electrons. The van der Waals surface area contributed by atoms with Gasteiger partial charge in [-0.05, 0) is 214 Å². The summed E-state index contributed by atoms with van der Waals surface area (Å²) in [5.74, 6) is 9.38. The first-order valence-electron chi connectivity index (χ1n) is 23.0. The van der Waals surface area contributed by atoms with Crippen LogP contribution in [0.5, 0.6) is 0 Å². The van der Waals surface area contributed by atoms with E-state index in [1.54, 1.807) is 6.08 Å². The second-order valence-corrected chi connectivity index (χ2v) is 18.3. The van der Waals surface area contributed by atoms with E-state index in [9.17, 15) is 9.59 Å². The lowest BCUT2D eigenvalue weighted by Gasteiger charge is -2.45. The molecule has 1 aliphatic heterocycles. The summed E-state index contributed by atoms with van der Waals surface area (Å²) < 4.78 is 15.5. The molecule has 7 rings (SSSR count). The summed E-state index contributed by atoms with van der Waals surface area (Å²) in [5.41, 5.74) is 0. The summed E-state index contributed by atoms with van der Waals surface area (Å²) in [5, 5.41) is 0. The van der Waals surface area contributed by atoms with Gasteiger partial charge in [0.1, 0.15) is 6.29 Å². The van der Waals surface area contributed by atoms with Crippen molar-refractivity contribution in [2.75, 3.05) is 26.9 Å². The molecule has 0 aromatic heterocycles. The van der Waals surface area contributed by atoms with Gasteiger partial charge in [-0.3, -0.25) is 0 Å². The summed E-state index contributed by atoms with van der Waals surface area (Å²) in [4.78, 5) is 38.6. The molecule has 0 radical (unpaired) electrons. The van der Waals surface area contributed by atoms with Crippen LogP contribution in [-0.2, 0) is 33.4 Å². The lowest BCUT2D eigenvalue weighted by atomic mass is 9.61. The van der Waals surface area contributed by atoms with E-state index in [-0.39, 0.29) is 12.1 Å². The number of aldehydes is 1. The summed E-state index contributed by atoms with van der Waals surface area (Å²) >= 11 is 0. The molecule has 1 saturated heterocycles. The molecule has 0 aromatic rings. The Morgan fingerprint density at radius 2 is 1.05 bits per heavy atom. The lowest BCUT2D eigenvalue weighted by Crippen LogP contribution is -2.36. The number of hydrogen-bond acceptors (Lipinski definition) is 7. The van der Waals surface area contributed by atoms with Gasteiger partial charge < -0.3 is 19.0 Å². The number of allylic oxidation sites excluding steroid dienone is 3. The topological polar surface area (TPSA) is 96.0 Å². The second-order valence-electron chi connectivity index (χ2n) is 18.3. The van der Waals surface area contributed by atoms with Crippen molar-refractivity contribution in [1.82, 2.24) is 0 Å². The van der Waals surface area contributed by atoms with E-state index in [4.69, 9.17) is 23.8 Å². The predicted molar refractivity (Wildman–Crippen MR) is 218 cm³/mol. The highest BCUT2D eigenvalue weighted by Crippen LogP contribution is 2.50. The van der Waals surface area contributed by atoms with Crippen molar-refractivity contribution >= 4 is 18.4 Å². The summed E-state index contributed by atoms with van der Waals surface area (Å²) in [6.45, 7) is 6.57. The number of fused-ring (bicyclic) bond motifs is 2. The molecule has 0 N–H and O–H groups in total. The number of ether oxygens (including phenoxy) is 3. The number of hydrogen-bond donors (Lipinski definition) is 0. The van der Waals surface area contributed by atoms with Gasteiger partial charge in [-0.2, -0.15) is 9.59 Å². The number of carbonyl (C=O) groups excluding carboxylic acids is 4. The van der Waals surface area contributed by atoms with Crippen LogP contribution in [-0.4, -0.2) is 51.4 Å². The molecule has 8 atom stereocenters.